The van der Waals surface area contributed by atoms with Crippen molar-refractivity contribution in [2.45, 2.75) is 13.5 Å². The molecule has 0 saturated carbocycles. The zero-order valence-electron chi connectivity index (χ0n) is 18.2. The number of carbonyl (C=O) groups excluding carboxylic acids is 2. The summed E-state index contributed by atoms with van der Waals surface area (Å²) in [5, 5.41) is 11.9. The van der Waals surface area contributed by atoms with Crippen molar-refractivity contribution in [3.8, 4) is 17.6 Å². The van der Waals surface area contributed by atoms with E-state index in [9.17, 15) is 14.9 Å². The van der Waals surface area contributed by atoms with E-state index in [0.717, 1.165) is 10.5 Å². The number of urea groups is 1. The smallest absolute Gasteiger partial charge is 0.333 e. The molecule has 7 nitrogen and oxygen atoms in total. The SMILES string of the molecule is CCOc1cc(/C=C2/NC(=O)N(c3ccccc3)C2=O)cc(Br)c1OCc1ccccc1C#N. The number of nitrogens with one attached hydrogen (secondary N) is 1. The molecule has 1 saturated heterocycles. The molecule has 0 spiro atoms. The zero-order valence-corrected chi connectivity index (χ0v) is 19.8. The van der Waals surface area contributed by atoms with E-state index < -0.39 is 11.9 Å². The molecule has 0 bridgehead atoms. The molecular weight excluding hydrogens is 498 g/mol. The monoisotopic (exact) mass is 517 g/mol. The van der Waals surface area contributed by atoms with Crippen LogP contribution in [0.1, 0.15) is 23.6 Å². The lowest BCUT2D eigenvalue weighted by atomic mass is 10.1. The molecule has 170 valence electrons. The van der Waals surface area contributed by atoms with E-state index in [0.29, 0.717) is 39.4 Å². The number of nitrogens with zero attached hydrogens (tertiary/aromatic N) is 2. The van der Waals surface area contributed by atoms with E-state index in [1.165, 1.54) is 0 Å². The quantitative estimate of drug-likeness (QED) is 0.334. The van der Waals surface area contributed by atoms with E-state index in [-0.39, 0.29) is 12.3 Å². The summed E-state index contributed by atoms with van der Waals surface area (Å²) >= 11 is 3.52. The third-order valence-corrected chi connectivity index (χ3v) is 5.63. The summed E-state index contributed by atoms with van der Waals surface area (Å²) in [5.41, 5.74) is 2.58. The fraction of sp³-hybridized carbons (Fsp3) is 0.115. The van der Waals surface area contributed by atoms with Crippen molar-refractivity contribution in [2.75, 3.05) is 11.5 Å². The first kappa shape index (κ1) is 23.1. The van der Waals surface area contributed by atoms with Crippen molar-refractivity contribution in [2.24, 2.45) is 0 Å². The first-order valence-corrected chi connectivity index (χ1v) is 11.3. The van der Waals surface area contributed by atoms with Crippen molar-refractivity contribution < 1.29 is 19.1 Å². The summed E-state index contributed by atoms with van der Waals surface area (Å²) in [6.45, 7) is 2.44. The van der Waals surface area contributed by atoms with Crippen LogP contribution in [0, 0.1) is 11.3 Å². The number of para-hydroxylation sites is 1. The van der Waals surface area contributed by atoms with Gasteiger partial charge in [0.25, 0.3) is 5.91 Å². The fourth-order valence-electron chi connectivity index (χ4n) is 3.49. The van der Waals surface area contributed by atoms with Crippen molar-refractivity contribution in [3.05, 3.63) is 93.6 Å². The Morgan fingerprint density at radius 1 is 1.06 bits per heavy atom. The number of anilines is 1. The van der Waals surface area contributed by atoms with Crippen LogP contribution in [0.2, 0.25) is 0 Å². The number of rotatable bonds is 7. The predicted molar refractivity (Wildman–Crippen MR) is 131 cm³/mol. The zero-order chi connectivity index (χ0) is 24.1. The van der Waals surface area contributed by atoms with Gasteiger partial charge in [-0.05, 0) is 64.8 Å². The standard InChI is InChI=1S/C26H20BrN3O4/c1-2-33-23-14-17(12-21(27)24(23)34-16-19-9-7-6-8-18(19)15-28)13-22-25(31)30(26(32)29-22)20-10-4-3-5-11-20/h3-14H,2,16H2,1H3,(H,29,32)/b22-13+. The lowest BCUT2D eigenvalue weighted by molar-refractivity contribution is -0.113. The third kappa shape index (κ3) is 4.80. The highest BCUT2D eigenvalue weighted by atomic mass is 79.9. The molecule has 1 heterocycles. The van der Waals surface area contributed by atoms with Crippen LogP contribution in [-0.4, -0.2) is 18.5 Å². The van der Waals surface area contributed by atoms with Crippen molar-refractivity contribution >= 4 is 39.6 Å². The first-order valence-electron chi connectivity index (χ1n) is 10.5. The second-order valence-electron chi connectivity index (χ2n) is 7.28. The molecule has 0 radical (unpaired) electrons. The van der Waals surface area contributed by atoms with Crippen LogP contribution in [-0.2, 0) is 11.4 Å². The Morgan fingerprint density at radius 3 is 2.53 bits per heavy atom. The molecule has 1 aliphatic heterocycles. The van der Waals surface area contributed by atoms with Gasteiger partial charge < -0.3 is 14.8 Å². The molecule has 1 aliphatic rings. The summed E-state index contributed by atoms with van der Waals surface area (Å²) in [6, 6.07) is 21.1. The van der Waals surface area contributed by atoms with E-state index in [4.69, 9.17) is 9.47 Å². The lowest BCUT2D eigenvalue weighted by Gasteiger charge is -2.15. The lowest BCUT2D eigenvalue weighted by Crippen LogP contribution is -2.30. The normalized spacial score (nSPS) is 14.1. The van der Waals surface area contributed by atoms with Crippen LogP contribution in [0.25, 0.3) is 6.08 Å². The highest BCUT2D eigenvalue weighted by Crippen LogP contribution is 2.38. The maximum Gasteiger partial charge on any atom is 0.333 e. The first-order chi connectivity index (χ1) is 16.5. The Labute approximate surface area is 205 Å². The summed E-state index contributed by atoms with van der Waals surface area (Å²) < 4.78 is 12.4. The van der Waals surface area contributed by atoms with Gasteiger partial charge >= 0.3 is 6.03 Å². The van der Waals surface area contributed by atoms with Crippen molar-refractivity contribution in [3.63, 3.8) is 0 Å². The number of benzene rings is 3. The van der Waals surface area contributed by atoms with Gasteiger partial charge in [0, 0.05) is 5.56 Å². The Hall–Kier alpha value is -4.09. The minimum Gasteiger partial charge on any atom is -0.490 e. The number of nitriles is 1. The predicted octanol–water partition coefficient (Wildman–Crippen LogP) is 5.40. The summed E-state index contributed by atoms with van der Waals surface area (Å²) in [6.07, 6.45) is 1.59. The van der Waals surface area contributed by atoms with Crippen LogP contribution in [0.5, 0.6) is 11.5 Å². The van der Waals surface area contributed by atoms with Gasteiger partial charge in [-0.3, -0.25) is 4.79 Å². The number of ether oxygens (including phenoxy) is 2. The van der Waals surface area contributed by atoms with Gasteiger partial charge in [-0.1, -0.05) is 36.4 Å². The maximum absolute atomic E-state index is 12.9. The molecule has 4 rings (SSSR count). The summed E-state index contributed by atoms with van der Waals surface area (Å²) in [7, 11) is 0. The summed E-state index contributed by atoms with van der Waals surface area (Å²) in [5.74, 6) is 0.498. The molecule has 1 fully saturated rings. The molecule has 1 N–H and O–H groups in total. The molecule has 0 aliphatic carbocycles. The molecule has 3 amide bonds. The molecule has 3 aromatic carbocycles. The number of hydrogen-bond donors (Lipinski definition) is 1. The molecule has 8 heteroatoms. The maximum atomic E-state index is 12.9. The fourth-order valence-corrected chi connectivity index (χ4v) is 4.07. The molecule has 0 atom stereocenters. The van der Waals surface area contributed by atoms with Gasteiger partial charge in [0.2, 0.25) is 0 Å². The van der Waals surface area contributed by atoms with Gasteiger partial charge in [0.15, 0.2) is 11.5 Å². The highest BCUT2D eigenvalue weighted by molar-refractivity contribution is 9.10. The number of carbonyl (C=O) groups is 2. The van der Waals surface area contributed by atoms with Crippen molar-refractivity contribution in [1.29, 1.82) is 5.26 Å². The van der Waals surface area contributed by atoms with Crippen LogP contribution < -0.4 is 19.7 Å². The van der Waals surface area contributed by atoms with Crippen molar-refractivity contribution in [1.82, 2.24) is 5.32 Å². The number of halogens is 1. The molecule has 3 aromatic rings. The van der Waals surface area contributed by atoms with Gasteiger partial charge in [-0.25, -0.2) is 9.69 Å². The average molecular weight is 518 g/mol. The third-order valence-electron chi connectivity index (χ3n) is 5.05. The highest BCUT2D eigenvalue weighted by Gasteiger charge is 2.34. The second-order valence-corrected chi connectivity index (χ2v) is 8.14. The van der Waals surface area contributed by atoms with Crippen LogP contribution in [0.4, 0.5) is 10.5 Å². The average Bonchev–Trinajstić information content (AvgIpc) is 3.12. The number of imide groups is 1. The molecule has 34 heavy (non-hydrogen) atoms. The number of amides is 3. The van der Waals surface area contributed by atoms with Crippen LogP contribution in [0.3, 0.4) is 0 Å². The number of hydrogen-bond acceptors (Lipinski definition) is 5. The van der Waals surface area contributed by atoms with E-state index in [1.807, 2.05) is 25.1 Å². The van der Waals surface area contributed by atoms with E-state index in [2.05, 4.69) is 27.3 Å². The van der Waals surface area contributed by atoms with Gasteiger partial charge in [0.1, 0.15) is 12.3 Å². The molecule has 0 aromatic heterocycles. The second kappa shape index (κ2) is 10.2. The van der Waals surface area contributed by atoms with Crippen LogP contribution in [0.15, 0.2) is 76.9 Å². The topological polar surface area (TPSA) is 91.7 Å². The minimum atomic E-state index is -0.511. The molecule has 0 unspecified atom stereocenters. The molecular formula is C26H20BrN3O4. The van der Waals surface area contributed by atoms with E-state index >= 15 is 0 Å². The Balaban J connectivity index is 1.61. The Kier molecular flexibility index (Phi) is 6.95. The van der Waals surface area contributed by atoms with E-state index in [1.54, 1.807) is 54.6 Å². The van der Waals surface area contributed by atoms with Gasteiger partial charge in [-0.2, -0.15) is 5.26 Å². The Bertz CT molecular complexity index is 1320. The van der Waals surface area contributed by atoms with Gasteiger partial charge in [-0.15, -0.1) is 0 Å². The van der Waals surface area contributed by atoms with Crippen LogP contribution >= 0.6 is 15.9 Å². The largest absolute Gasteiger partial charge is 0.490 e. The summed E-state index contributed by atoms with van der Waals surface area (Å²) in [4.78, 5) is 26.4. The van der Waals surface area contributed by atoms with Gasteiger partial charge in [0.05, 0.1) is 28.4 Å². The minimum absolute atomic E-state index is 0.153. The Morgan fingerprint density at radius 2 is 1.79 bits per heavy atom.